The van der Waals surface area contributed by atoms with Crippen molar-refractivity contribution < 1.29 is 13.9 Å². The fraction of sp³-hybridized carbons (Fsp3) is 0.0667. The number of rotatable bonds is 1. The van der Waals surface area contributed by atoms with Crippen LogP contribution in [0.4, 0.5) is 0 Å². The number of benzene rings is 2. The van der Waals surface area contributed by atoms with E-state index in [0.29, 0.717) is 21.4 Å². The molecule has 3 rings (SSSR count). The van der Waals surface area contributed by atoms with Crippen LogP contribution in [0.15, 0.2) is 45.6 Å². The molecule has 0 radical (unpaired) electrons. The third-order valence-corrected chi connectivity index (χ3v) is 3.42. The summed E-state index contributed by atoms with van der Waals surface area (Å²) in [5, 5.41) is 2.37. The fourth-order valence-corrected chi connectivity index (χ4v) is 2.49. The Kier molecular flexibility index (Phi) is 2.95. The van der Waals surface area contributed by atoms with E-state index in [9.17, 15) is 9.59 Å². The molecular formula is C15H9ClO4. The highest BCUT2D eigenvalue weighted by Gasteiger charge is 2.16. The molecule has 3 aromatic rings. The van der Waals surface area contributed by atoms with Gasteiger partial charge in [0.15, 0.2) is 0 Å². The zero-order valence-corrected chi connectivity index (χ0v) is 11.2. The quantitative estimate of drug-likeness (QED) is 0.391. The van der Waals surface area contributed by atoms with Gasteiger partial charge in [-0.3, -0.25) is 0 Å². The molecule has 1 heterocycles. The van der Waals surface area contributed by atoms with Crippen molar-refractivity contribution in [1.29, 1.82) is 0 Å². The van der Waals surface area contributed by atoms with E-state index < -0.39 is 11.6 Å². The largest absolute Gasteiger partial charge is 0.465 e. The first-order chi connectivity index (χ1) is 9.61. The van der Waals surface area contributed by atoms with Crippen molar-refractivity contribution >= 4 is 39.3 Å². The van der Waals surface area contributed by atoms with Crippen LogP contribution >= 0.6 is 11.6 Å². The standard InChI is InChI=1S/C15H9ClO4/c1-19-15(18)11-7-13(17)20-14-9-5-3-2-4-8(9)12(16)6-10(11)14/h2-7H,1H3. The van der Waals surface area contributed by atoms with Crippen molar-refractivity contribution in [2.45, 2.75) is 0 Å². The van der Waals surface area contributed by atoms with Crippen molar-refractivity contribution in [3.05, 3.63) is 57.4 Å². The van der Waals surface area contributed by atoms with E-state index in [1.807, 2.05) is 18.2 Å². The zero-order valence-electron chi connectivity index (χ0n) is 10.5. The van der Waals surface area contributed by atoms with E-state index >= 15 is 0 Å². The molecule has 0 amide bonds. The SMILES string of the molecule is COC(=O)c1cc(=O)oc2c1cc(Cl)c1ccccc12. The average molecular weight is 289 g/mol. The summed E-state index contributed by atoms with van der Waals surface area (Å²) in [7, 11) is 1.26. The summed E-state index contributed by atoms with van der Waals surface area (Å²) < 4.78 is 9.93. The Morgan fingerprint density at radius 2 is 1.85 bits per heavy atom. The molecule has 1 aromatic heterocycles. The first-order valence-corrected chi connectivity index (χ1v) is 6.23. The van der Waals surface area contributed by atoms with Gasteiger partial charge in [-0.25, -0.2) is 9.59 Å². The molecule has 0 aliphatic carbocycles. The summed E-state index contributed by atoms with van der Waals surface area (Å²) in [5.41, 5.74) is -0.130. The maximum Gasteiger partial charge on any atom is 0.338 e. The molecule has 0 atom stereocenters. The van der Waals surface area contributed by atoms with E-state index in [1.165, 1.54) is 7.11 Å². The molecule has 0 spiro atoms. The zero-order chi connectivity index (χ0) is 14.3. The molecule has 0 aliphatic rings. The van der Waals surface area contributed by atoms with Crippen LogP contribution < -0.4 is 5.63 Å². The molecule has 100 valence electrons. The van der Waals surface area contributed by atoms with Crippen LogP contribution in [-0.2, 0) is 4.74 Å². The minimum absolute atomic E-state index is 0.145. The number of carbonyl (C=O) groups is 1. The molecule has 0 fully saturated rings. The van der Waals surface area contributed by atoms with Crippen molar-refractivity contribution in [2.24, 2.45) is 0 Å². The van der Waals surface area contributed by atoms with Gasteiger partial charge in [0.05, 0.1) is 12.7 Å². The number of halogens is 1. The van der Waals surface area contributed by atoms with Crippen LogP contribution in [0.5, 0.6) is 0 Å². The van der Waals surface area contributed by atoms with Crippen LogP contribution in [0.2, 0.25) is 5.02 Å². The average Bonchev–Trinajstić information content (AvgIpc) is 2.47. The Labute approximate surface area is 118 Å². The van der Waals surface area contributed by atoms with Gasteiger partial charge in [-0.1, -0.05) is 35.9 Å². The first kappa shape index (κ1) is 12.7. The highest BCUT2D eigenvalue weighted by atomic mass is 35.5. The van der Waals surface area contributed by atoms with E-state index in [2.05, 4.69) is 4.74 Å². The highest BCUT2D eigenvalue weighted by Crippen LogP contribution is 2.32. The van der Waals surface area contributed by atoms with Crippen molar-refractivity contribution in [2.75, 3.05) is 7.11 Å². The van der Waals surface area contributed by atoms with Gasteiger partial charge < -0.3 is 9.15 Å². The van der Waals surface area contributed by atoms with E-state index in [1.54, 1.807) is 12.1 Å². The normalized spacial score (nSPS) is 10.9. The Morgan fingerprint density at radius 3 is 2.55 bits per heavy atom. The van der Waals surface area contributed by atoms with Crippen molar-refractivity contribution in [3.63, 3.8) is 0 Å². The van der Waals surface area contributed by atoms with Gasteiger partial charge in [0, 0.05) is 27.2 Å². The van der Waals surface area contributed by atoms with Gasteiger partial charge in [-0.15, -0.1) is 0 Å². The van der Waals surface area contributed by atoms with Crippen LogP contribution in [-0.4, -0.2) is 13.1 Å². The maximum absolute atomic E-state index is 11.8. The van der Waals surface area contributed by atoms with Gasteiger partial charge in [-0.2, -0.15) is 0 Å². The minimum Gasteiger partial charge on any atom is -0.465 e. The second-order valence-corrected chi connectivity index (χ2v) is 4.66. The lowest BCUT2D eigenvalue weighted by molar-refractivity contribution is 0.0602. The molecule has 5 heteroatoms. The predicted octanol–water partition coefficient (Wildman–Crippen LogP) is 3.39. The van der Waals surface area contributed by atoms with Gasteiger partial charge in [0.2, 0.25) is 0 Å². The molecule has 2 aromatic carbocycles. The summed E-state index contributed by atoms with van der Waals surface area (Å²) >= 11 is 6.22. The molecule has 0 unspecified atom stereocenters. The number of hydrogen-bond acceptors (Lipinski definition) is 4. The van der Waals surface area contributed by atoms with Gasteiger partial charge in [-0.05, 0) is 6.07 Å². The third kappa shape index (κ3) is 1.85. The van der Waals surface area contributed by atoms with E-state index in [4.69, 9.17) is 16.0 Å². The Morgan fingerprint density at radius 1 is 1.15 bits per heavy atom. The number of esters is 1. The highest BCUT2D eigenvalue weighted by molar-refractivity contribution is 6.37. The number of fused-ring (bicyclic) bond motifs is 3. The monoisotopic (exact) mass is 288 g/mol. The fourth-order valence-electron chi connectivity index (χ4n) is 2.22. The summed E-state index contributed by atoms with van der Waals surface area (Å²) in [5.74, 6) is -0.603. The Hall–Kier alpha value is -2.33. The van der Waals surface area contributed by atoms with Gasteiger partial charge in [0.1, 0.15) is 5.58 Å². The molecule has 0 saturated heterocycles. The predicted molar refractivity (Wildman–Crippen MR) is 76.3 cm³/mol. The third-order valence-electron chi connectivity index (χ3n) is 3.11. The topological polar surface area (TPSA) is 56.5 Å². The molecule has 0 aliphatic heterocycles. The van der Waals surface area contributed by atoms with Crippen LogP contribution in [0, 0.1) is 0 Å². The summed E-state index contributed by atoms with van der Waals surface area (Å²) in [4.78, 5) is 23.4. The molecule has 0 saturated carbocycles. The Bertz CT molecular complexity index is 895. The smallest absolute Gasteiger partial charge is 0.338 e. The number of hydrogen-bond donors (Lipinski definition) is 0. The first-order valence-electron chi connectivity index (χ1n) is 5.85. The second-order valence-electron chi connectivity index (χ2n) is 4.25. The molecule has 20 heavy (non-hydrogen) atoms. The minimum atomic E-state index is -0.606. The molecule has 0 bridgehead atoms. The van der Waals surface area contributed by atoms with Gasteiger partial charge in [0.25, 0.3) is 0 Å². The molecular weight excluding hydrogens is 280 g/mol. The van der Waals surface area contributed by atoms with E-state index in [0.717, 1.165) is 11.5 Å². The lowest BCUT2D eigenvalue weighted by Crippen LogP contribution is -2.08. The van der Waals surface area contributed by atoms with Crippen LogP contribution in [0.1, 0.15) is 10.4 Å². The van der Waals surface area contributed by atoms with Gasteiger partial charge >= 0.3 is 11.6 Å². The Balaban J connectivity index is 2.57. The van der Waals surface area contributed by atoms with E-state index in [-0.39, 0.29) is 5.56 Å². The lowest BCUT2D eigenvalue weighted by Gasteiger charge is -2.07. The number of ether oxygens (including phenoxy) is 1. The summed E-state index contributed by atoms with van der Waals surface area (Å²) in [6.07, 6.45) is 0. The molecule has 0 N–H and O–H groups in total. The van der Waals surface area contributed by atoms with Crippen LogP contribution in [0.25, 0.3) is 21.7 Å². The van der Waals surface area contributed by atoms with Crippen molar-refractivity contribution in [1.82, 2.24) is 0 Å². The summed E-state index contributed by atoms with van der Waals surface area (Å²) in [6, 6.07) is 9.97. The lowest BCUT2D eigenvalue weighted by atomic mass is 10.0. The second kappa shape index (κ2) is 4.65. The number of carbonyl (C=O) groups excluding carboxylic acids is 1. The summed E-state index contributed by atoms with van der Waals surface area (Å²) in [6.45, 7) is 0. The van der Waals surface area contributed by atoms with Crippen LogP contribution in [0.3, 0.4) is 0 Å². The maximum atomic E-state index is 11.8. The van der Waals surface area contributed by atoms with Crippen molar-refractivity contribution in [3.8, 4) is 0 Å². The number of methoxy groups -OCH3 is 1. The molecule has 4 nitrogen and oxygen atoms in total.